The lowest BCUT2D eigenvalue weighted by atomic mass is 10.1. The van der Waals surface area contributed by atoms with Crippen LogP contribution in [0.15, 0.2) is 61.2 Å². The second-order valence-electron chi connectivity index (χ2n) is 6.02. The Morgan fingerprint density at radius 1 is 1.19 bits per heavy atom. The normalized spacial score (nSPS) is 11.8. The van der Waals surface area contributed by atoms with Crippen LogP contribution in [0.2, 0.25) is 5.02 Å². The molecule has 6 nitrogen and oxygen atoms in total. The van der Waals surface area contributed by atoms with Crippen LogP contribution in [0, 0.1) is 0 Å². The molecule has 2 aromatic carbocycles. The van der Waals surface area contributed by atoms with E-state index in [4.69, 9.17) is 11.6 Å². The average molecular weight is 370 g/mol. The van der Waals surface area contributed by atoms with Crippen molar-refractivity contribution in [1.29, 1.82) is 0 Å². The van der Waals surface area contributed by atoms with Gasteiger partial charge >= 0.3 is 6.03 Å². The van der Waals surface area contributed by atoms with Crippen LogP contribution in [0.25, 0.3) is 0 Å². The topological polar surface area (TPSA) is 71.8 Å². The molecule has 3 rings (SSSR count). The molecule has 7 heteroatoms. The molecule has 134 valence electrons. The Morgan fingerprint density at radius 2 is 2.00 bits per heavy atom. The third-order valence-electron chi connectivity index (χ3n) is 3.95. The van der Waals surface area contributed by atoms with Crippen LogP contribution in [0.5, 0.6) is 0 Å². The molecule has 0 aliphatic heterocycles. The van der Waals surface area contributed by atoms with Gasteiger partial charge in [-0.05, 0) is 35.7 Å². The first kappa shape index (κ1) is 17.9. The number of amides is 2. The lowest BCUT2D eigenvalue weighted by molar-refractivity contribution is 0.237. The van der Waals surface area contributed by atoms with E-state index in [0.29, 0.717) is 18.1 Å². The first-order valence-electron chi connectivity index (χ1n) is 8.30. The summed E-state index contributed by atoms with van der Waals surface area (Å²) in [6.45, 7) is 3.01. The second kappa shape index (κ2) is 8.49. The Balaban J connectivity index is 1.52. The number of halogens is 1. The van der Waals surface area contributed by atoms with E-state index in [-0.39, 0.29) is 12.1 Å². The first-order chi connectivity index (χ1) is 12.6. The molecule has 0 radical (unpaired) electrons. The number of nitrogens with one attached hydrogen (secondary N) is 2. The third-order valence-corrected chi connectivity index (χ3v) is 4.19. The average Bonchev–Trinajstić information content (AvgIpc) is 3.13. The van der Waals surface area contributed by atoms with Gasteiger partial charge in [0.1, 0.15) is 12.7 Å². The minimum absolute atomic E-state index is 0.132. The molecule has 0 saturated heterocycles. The number of urea groups is 1. The number of rotatable bonds is 6. The molecule has 0 fully saturated rings. The monoisotopic (exact) mass is 369 g/mol. The SMILES string of the molecule is CC(NC(=O)NCc1cccc(Cn2cncn2)c1)c1cccc(Cl)c1. The molecular weight excluding hydrogens is 350 g/mol. The Labute approximate surface area is 157 Å². The van der Waals surface area contributed by atoms with E-state index in [1.807, 2.05) is 55.5 Å². The maximum absolute atomic E-state index is 12.1. The van der Waals surface area contributed by atoms with E-state index in [2.05, 4.69) is 20.7 Å². The van der Waals surface area contributed by atoms with Gasteiger partial charge in [-0.15, -0.1) is 0 Å². The minimum atomic E-state index is -0.223. The maximum atomic E-state index is 12.1. The Kier molecular flexibility index (Phi) is 5.86. The molecule has 1 aromatic heterocycles. The number of hydrogen-bond acceptors (Lipinski definition) is 3. The van der Waals surface area contributed by atoms with Gasteiger partial charge in [-0.1, -0.05) is 48.0 Å². The standard InChI is InChI=1S/C19H20ClN5O/c1-14(17-6-3-7-18(20)9-17)24-19(26)22-10-15-4-2-5-16(8-15)11-25-13-21-12-23-25/h2-9,12-14H,10-11H2,1H3,(H2,22,24,26). The summed E-state index contributed by atoms with van der Waals surface area (Å²) in [7, 11) is 0. The van der Waals surface area contributed by atoms with Crippen molar-refractivity contribution in [2.45, 2.75) is 26.1 Å². The van der Waals surface area contributed by atoms with E-state index < -0.39 is 0 Å². The number of benzene rings is 2. The number of aromatic nitrogens is 3. The highest BCUT2D eigenvalue weighted by Gasteiger charge is 2.09. The zero-order chi connectivity index (χ0) is 18.4. The molecule has 26 heavy (non-hydrogen) atoms. The molecule has 0 aliphatic carbocycles. The van der Waals surface area contributed by atoms with E-state index in [0.717, 1.165) is 16.7 Å². The van der Waals surface area contributed by atoms with Crippen molar-refractivity contribution in [2.75, 3.05) is 0 Å². The van der Waals surface area contributed by atoms with Crippen LogP contribution in [0.3, 0.4) is 0 Å². The van der Waals surface area contributed by atoms with E-state index >= 15 is 0 Å². The van der Waals surface area contributed by atoms with Gasteiger partial charge in [-0.2, -0.15) is 5.10 Å². The van der Waals surface area contributed by atoms with Gasteiger partial charge in [0.25, 0.3) is 0 Å². The highest BCUT2D eigenvalue weighted by Crippen LogP contribution is 2.17. The van der Waals surface area contributed by atoms with Gasteiger partial charge in [0.2, 0.25) is 0 Å². The fraction of sp³-hybridized carbons (Fsp3) is 0.211. The first-order valence-corrected chi connectivity index (χ1v) is 8.68. The Bertz CT molecular complexity index is 866. The summed E-state index contributed by atoms with van der Waals surface area (Å²) in [5.41, 5.74) is 3.08. The van der Waals surface area contributed by atoms with Crippen molar-refractivity contribution in [3.05, 3.63) is 82.9 Å². The summed E-state index contributed by atoms with van der Waals surface area (Å²) < 4.78 is 1.76. The molecule has 0 bridgehead atoms. The van der Waals surface area contributed by atoms with Crippen molar-refractivity contribution in [2.24, 2.45) is 0 Å². The summed E-state index contributed by atoms with van der Waals surface area (Å²) in [6, 6.07) is 15.1. The smallest absolute Gasteiger partial charge is 0.315 e. The van der Waals surface area contributed by atoms with Gasteiger partial charge in [0.05, 0.1) is 12.6 Å². The predicted octanol–water partition coefficient (Wildman–Crippen LogP) is 3.54. The van der Waals surface area contributed by atoms with Gasteiger partial charge in [0, 0.05) is 11.6 Å². The van der Waals surface area contributed by atoms with E-state index in [1.165, 1.54) is 6.33 Å². The lowest BCUT2D eigenvalue weighted by Crippen LogP contribution is -2.36. The fourth-order valence-corrected chi connectivity index (χ4v) is 2.83. The summed E-state index contributed by atoms with van der Waals surface area (Å²) in [5.74, 6) is 0. The summed E-state index contributed by atoms with van der Waals surface area (Å²) in [4.78, 5) is 16.1. The van der Waals surface area contributed by atoms with Gasteiger partial charge < -0.3 is 10.6 Å². The molecule has 0 spiro atoms. The number of carbonyl (C=O) groups excluding carboxylic acids is 1. The van der Waals surface area contributed by atoms with Crippen molar-refractivity contribution >= 4 is 17.6 Å². The Morgan fingerprint density at radius 3 is 2.77 bits per heavy atom. The molecule has 1 heterocycles. The minimum Gasteiger partial charge on any atom is -0.334 e. The van der Waals surface area contributed by atoms with Crippen molar-refractivity contribution in [3.63, 3.8) is 0 Å². The maximum Gasteiger partial charge on any atom is 0.315 e. The molecule has 1 unspecified atom stereocenters. The fourth-order valence-electron chi connectivity index (χ4n) is 2.63. The van der Waals surface area contributed by atoms with Crippen molar-refractivity contribution in [3.8, 4) is 0 Å². The van der Waals surface area contributed by atoms with Gasteiger partial charge in [0.15, 0.2) is 0 Å². The van der Waals surface area contributed by atoms with E-state index in [1.54, 1.807) is 11.0 Å². The van der Waals surface area contributed by atoms with Crippen LogP contribution in [0.4, 0.5) is 4.79 Å². The van der Waals surface area contributed by atoms with Gasteiger partial charge in [-0.25, -0.2) is 14.5 Å². The van der Waals surface area contributed by atoms with E-state index in [9.17, 15) is 4.79 Å². The number of nitrogens with zero attached hydrogens (tertiary/aromatic N) is 3. The zero-order valence-corrected chi connectivity index (χ0v) is 15.1. The predicted molar refractivity (Wildman–Crippen MR) is 101 cm³/mol. The second-order valence-corrected chi connectivity index (χ2v) is 6.45. The highest BCUT2D eigenvalue weighted by atomic mass is 35.5. The summed E-state index contributed by atoms with van der Waals surface area (Å²) in [5, 5.41) is 10.5. The number of carbonyl (C=O) groups is 1. The molecular formula is C19H20ClN5O. The molecule has 1 atom stereocenters. The van der Waals surface area contributed by atoms with Crippen LogP contribution in [0.1, 0.15) is 29.7 Å². The third kappa shape index (κ3) is 5.07. The van der Waals surface area contributed by atoms with Crippen LogP contribution in [-0.2, 0) is 13.1 Å². The summed E-state index contributed by atoms with van der Waals surface area (Å²) >= 11 is 5.99. The highest BCUT2D eigenvalue weighted by molar-refractivity contribution is 6.30. The number of hydrogen-bond donors (Lipinski definition) is 2. The van der Waals surface area contributed by atoms with Gasteiger partial charge in [-0.3, -0.25) is 0 Å². The lowest BCUT2D eigenvalue weighted by Gasteiger charge is -2.15. The van der Waals surface area contributed by atoms with Crippen LogP contribution < -0.4 is 10.6 Å². The van der Waals surface area contributed by atoms with Crippen molar-refractivity contribution < 1.29 is 4.79 Å². The van der Waals surface area contributed by atoms with Crippen molar-refractivity contribution in [1.82, 2.24) is 25.4 Å². The molecule has 2 N–H and O–H groups in total. The Hall–Kier alpha value is -2.86. The molecule has 0 aliphatic rings. The molecule has 3 aromatic rings. The largest absolute Gasteiger partial charge is 0.334 e. The molecule has 0 saturated carbocycles. The zero-order valence-electron chi connectivity index (χ0n) is 14.4. The summed E-state index contributed by atoms with van der Waals surface area (Å²) in [6.07, 6.45) is 3.19. The molecule has 2 amide bonds. The van der Waals surface area contributed by atoms with Crippen LogP contribution in [-0.4, -0.2) is 20.8 Å². The quantitative estimate of drug-likeness (QED) is 0.698. The van der Waals surface area contributed by atoms with Crippen LogP contribution >= 0.6 is 11.6 Å².